The second-order valence-corrected chi connectivity index (χ2v) is 10.6. The van der Waals surface area contributed by atoms with Gasteiger partial charge in [-0.2, -0.15) is 17.7 Å². The molecule has 1 heterocycles. The molecule has 0 bridgehead atoms. The molecule has 0 fully saturated rings. The van der Waals surface area contributed by atoms with E-state index < -0.39 is 33.4 Å². The van der Waals surface area contributed by atoms with Crippen LogP contribution in [0.15, 0.2) is 97.1 Å². The average Bonchev–Trinajstić information content (AvgIpc) is 3.00. The summed E-state index contributed by atoms with van der Waals surface area (Å²) in [6.07, 6.45) is 0. The number of hydrogen-bond acceptors (Lipinski definition) is 8. The molecule has 5 aromatic rings. The van der Waals surface area contributed by atoms with Crippen LogP contribution in [0.2, 0.25) is 0 Å². The van der Waals surface area contributed by atoms with Crippen LogP contribution in [0.3, 0.4) is 0 Å². The van der Waals surface area contributed by atoms with E-state index in [1.165, 1.54) is 25.3 Å². The molecule has 45 heavy (non-hydrogen) atoms. The number of esters is 2. The first-order valence-electron chi connectivity index (χ1n) is 12.9. The molecule has 0 unspecified atom stereocenters. The second-order valence-electron chi connectivity index (χ2n) is 9.20. The number of benzene rings is 4. The van der Waals surface area contributed by atoms with Crippen LogP contribution in [0.4, 0.5) is 17.6 Å². The number of methoxy groups -OCH3 is 1. The minimum Gasteiger partial charge on any atom is -0.741 e. The molecule has 1 aromatic heterocycles. The Bertz CT molecular complexity index is 1910. The predicted molar refractivity (Wildman–Crippen MR) is 152 cm³/mol. The normalized spacial score (nSPS) is 11.4. The number of ether oxygens (including phenoxy) is 3. The van der Waals surface area contributed by atoms with Crippen molar-refractivity contribution in [1.82, 2.24) is 0 Å². The molecule has 14 heteroatoms. The molecule has 234 valence electrons. The van der Waals surface area contributed by atoms with Gasteiger partial charge in [-0.1, -0.05) is 60.7 Å². The zero-order chi connectivity index (χ0) is 32.8. The van der Waals surface area contributed by atoms with E-state index in [2.05, 4.69) is 0 Å². The summed E-state index contributed by atoms with van der Waals surface area (Å²) in [6, 6.07) is 28.0. The van der Waals surface area contributed by atoms with Crippen LogP contribution in [0.25, 0.3) is 21.8 Å². The molecule has 0 saturated heterocycles. The maximum atomic E-state index is 14.5. The molecular formula is C31H23F4NO8S. The number of hydrogen-bond donors (Lipinski definition) is 0. The Hall–Kier alpha value is -5.08. The molecule has 0 aliphatic carbocycles. The lowest BCUT2D eigenvalue weighted by Crippen LogP contribution is -2.41. The molecule has 0 saturated carbocycles. The van der Waals surface area contributed by atoms with E-state index in [0.717, 1.165) is 5.56 Å². The van der Waals surface area contributed by atoms with Crippen molar-refractivity contribution in [1.29, 1.82) is 0 Å². The fourth-order valence-corrected chi connectivity index (χ4v) is 4.31. The van der Waals surface area contributed by atoms with Crippen molar-refractivity contribution in [3.05, 3.63) is 114 Å². The Kier molecular flexibility index (Phi) is 9.99. The number of rotatable bonds is 7. The molecular weight excluding hydrogens is 622 g/mol. The topological polar surface area (TPSA) is 123 Å². The number of pyridine rings is 1. The molecule has 0 amide bonds. The highest BCUT2D eigenvalue weighted by atomic mass is 32.2. The van der Waals surface area contributed by atoms with Crippen LogP contribution in [-0.2, 0) is 32.8 Å². The summed E-state index contributed by atoms with van der Waals surface area (Å²) in [5.41, 5.74) is -3.24. The highest BCUT2D eigenvalue weighted by Gasteiger charge is 2.37. The van der Waals surface area contributed by atoms with Crippen molar-refractivity contribution < 1.29 is 58.9 Å². The molecule has 0 aliphatic rings. The van der Waals surface area contributed by atoms with Crippen molar-refractivity contribution in [2.24, 2.45) is 0 Å². The minimum absolute atomic E-state index is 0.0652. The van der Waals surface area contributed by atoms with Crippen LogP contribution in [0.1, 0.15) is 15.9 Å². The summed E-state index contributed by atoms with van der Waals surface area (Å²) in [6.45, 7) is 0.0926. The lowest BCUT2D eigenvalue weighted by atomic mass is 10.0. The molecule has 5 rings (SSSR count). The van der Waals surface area contributed by atoms with Crippen molar-refractivity contribution in [3.63, 3.8) is 0 Å². The molecule has 9 nitrogen and oxygen atoms in total. The summed E-state index contributed by atoms with van der Waals surface area (Å²) in [4.78, 5) is 26.4. The predicted octanol–water partition coefficient (Wildman–Crippen LogP) is 5.44. The Morgan fingerprint density at radius 2 is 1.36 bits per heavy atom. The quantitative estimate of drug-likeness (QED) is 0.0436. The molecule has 0 radical (unpaired) electrons. The first-order valence-corrected chi connectivity index (χ1v) is 14.3. The van der Waals surface area contributed by atoms with Crippen LogP contribution in [-0.4, -0.2) is 37.5 Å². The lowest BCUT2D eigenvalue weighted by Gasteiger charge is -2.13. The standard InChI is InChI=1S/C30H23FNO5.CHF3O3S/c1-35-26-17-9-14-23(31)29(26)37-30(34)28-21-12-5-7-15-24(21)32(25-16-8-6-13-22(25)28)18-27(33)36-19-20-10-3-2-4-11-20;2-1(3,4)8(5,6)7/h2-17H,18-19H2,1H3;(H,5,6,7)/q+1;/p-1. The van der Waals surface area contributed by atoms with Crippen LogP contribution < -0.4 is 14.0 Å². The highest BCUT2D eigenvalue weighted by molar-refractivity contribution is 7.86. The van der Waals surface area contributed by atoms with Gasteiger partial charge in [-0.05, 0) is 29.8 Å². The SMILES string of the molecule is COc1cccc(F)c1OC(=O)c1c2ccccc2[n+](CC(=O)OCc2ccccc2)c2ccccc12.O=S(=O)([O-])C(F)(F)F. The summed E-state index contributed by atoms with van der Waals surface area (Å²) in [5, 5.41) is 1.11. The Balaban J connectivity index is 0.000000510. The Labute approximate surface area is 253 Å². The number of carbonyl (C=O) groups excluding carboxylic acids is 2. The Morgan fingerprint density at radius 1 is 0.822 bits per heavy atom. The van der Waals surface area contributed by atoms with E-state index in [1.807, 2.05) is 54.6 Å². The van der Waals surface area contributed by atoms with Crippen molar-refractivity contribution >= 4 is 43.9 Å². The van der Waals surface area contributed by atoms with Crippen LogP contribution in [0.5, 0.6) is 11.5 Å². The first kappa shape index (κ1) is 32.8. The van der Waals surface area contributed by atoms with Gasteiger partial charge in [0.1, 0.15) is 6.61 Å². The van der Waals surface area contributed by atoms with Gasteiger partial charge in [0, 0.05) is 12.1 Å². The maximum absolute atomic E-state index is 14.5. The minimum atomic E-state index is -6.09. The van der Waals surface area contributed by atoms with Crippen molar-refractivity contribution in [2.75, 3.05) is 7.11 Å². The number of alkyl halides is 3. The van der Waals surface area contributed by atoms with Gasteiger partial charge in [0.15, 0.2) is 21.7 Å². The van der Waals surface area contributed by atoms with Gasteiger partial charge in [0.05, 0.1) is 23.4 Å². The van der Waals surface area contributed by atoms with Crippen molar-refractivity contribution in [2.45, 2.75) is 18.7 Å². The second kappa shape index (κ2) is 13.7. The zero-order valence-electron chi connectivity index (χ0n) is 23.3. The number of para-hydroxylation sites is 3. The van der Waals surface area contributed by atoms with Gasteiger partial charge < -0.3 is 18.8 Å². The van der Waals surface area contributed by atoms with Gasteiger partial charge in [-0.3, -0.25) is 0 Å². The van der Waals surface area contributed by atoms with Gasteiger partial charge >= 0.3 is 17.4 Å². The number of carbonyl (C=O) groups is 2. The van der Waals surface area contributed by atoms with Crippen LogP contribution >= 0.6 is 0 Å². The van der Waals surface area contributed by atoms with E-state index in [1.54, 1.807) is 28.8 Å². The van der Waals surface area contributed by atoms with E-state index in [-0.39, 0.29) is 30.2 Å². The monoisotopic (exact) mass is 645 g/mol. The summed E-state index contributed by atoms with van der Waals surface area (Å²) < 4.78 is 91.5. The van der Waals surface area contributed by atoms with Crippen LogP contribution in [0, 0.1) is 5.82 Å². The molecule has 0 atom stereocenters. The lowest BCUT2D eigenvalue weighted by molar-refractivity contribution is -0.633. The highest BCUT2D eigenvalue weighted by Crippen LogP contribution is 2.32. The summed E-state index contributed by atoms with van der Waals surface area (Å²) >= 11 is 0. The molecule has 4 aromatic carbocycles. The maximum Gasteiger partial charge on any atom is 0.485 e. The summed E-state index contributed by atoms with van der Waals surface area (Å²) in [7, 11) is -4.72. The molecule has 0 aliphatic heterocycles. The number of aromatic nitrogens is 1. The molecule has 0 N–H and O–H groups in total. The molecule has 0 spiro atoms. The summed E-state index contributed by atoms with van der Waals surface area (Å²) in [5.74, 6) is -2.06. The number of nitrogens with zero attached hydrogens (tertiary/aromatic N) is 1. The Morgan fingerprint density at radius 3 is 1.89 bits per heavy atom. The fraction of sp³-hybridized carbons (Fsp3) is 0.129. The number of fused-ring (bicyclic) bond motifs is 2. The third kappa shape index (κ3) is 7.72. The van der Waals surface area contributed by atoms with Gasteiger partial charge in [-0.15, -0.1) is 0 Å². The van der Waals surface area contributed by atoms with E-state index >= 15 is 0 Å². The first-order chi connectivity index (χ1) is 21.3. The number of halogens is 4. The van der Waals surface area contributed by atoms with E-state index in [0.29, 0.717) is 21.8 Å². The van der Waals surface area contributed by atoms with Crippen molar-refractivity contribution in [3.8, 4) is 11.5 Å². The third-order valence-corrected chi connectivity index (χ3v) is 6.86. The zero-order valence-corrected chi connectivity index (χ0v) is 24.1. The third-order valence-electron chi connectivity index (χ3n) is 6.29. The van der Waals surface area contributed by atoms with E-state index in [9.17, 15) is 27.2 Å². The average molecular weight is 646 g/mol. The van der Waals surface area contributed by atoms with Gasteiger partial charge in [-0.25, -0.2) is 22.4 Å². The van der Waals surface area contributed by atoms with Gasteiger partial charge in [0.2, 0.25) is 23.3 Å². The fourth-order valence-electron chi connectivity index (χ4n) is 4.31. The van der Waals surface area contributed by atoms with Gasteiger partial charge in [0.25, 0.3) is 0 Å². The smallest absolute Gasteiger partial charge is 0.485 e. The largest absolute Gasteiger partial charge is 0.741 e. The van der Waals surface area contributed by atoms with E-state index in [4.69, 9.17) is 27.2 Å².